The molecule has 0 saturated heterocycles. The van der Waals surface area contributed by atoms with Gasteiger partial charge in [0.15, 0.2) is 0 Å². The standard InChI is InChI=1S/C12H13N3O2/c1-2-9-7-11(13)12(14-9)8-3-5-10(6-4-8)15(16)17/h3-7,14H,2,13H2,1H3. The zero-order valence-electron chi connectivity index (χ0n) is 9.43. The van der Waals surface area contributed by atoms with Crippen LogP contribution >= 0.6 is 0 Å². The molecule has 1 aromatic carbocycles. The van der Waals surface area contributed by atoms with Gasteiger partial charge in [0, 0.05) is 23.4 Å². The summed E-state index contributed by atoms with van der Waals surface area (Å²) in [6.07, 6.45) is 0.872. The smallest absolute Gasteiger partial charge is 0.269 e. The number of nitro benzene ring substituents is 1. The number of benzene rings is 1. The van der Waals surface area contributed by atoms with E-state index in [2.05, 4.69) is 4.98 Å². The van der Waals surface area contributed by atoms with Crippen LogP contribution in [0.3, 0.4) is 0 Å². The largest absolute Gasteiger partial charge is 0.397 e. The first kappa shape index (κ1) is 11.2. The molecule has 0 atom stereocenters. The van der Waals surface area contributed by atoms with E-state index in [1.165, 1.54) is 12.1 Å². The highest BCUT2D eigenvalue weighted by Crippen LogP contribution is 2.27. The Kier molecular flexibility index (Phi) is 2.82. The highest BCUT2D eigenvalue weighted by atomic mass is 16.6. The number of nitrogens with one attached hydrogen (secondary N) is 1. The molecule has 2 aromatic rings. The van der Waals surface area contributed by atoms with Crippen LogP contribution in [-0.2, 0) is 6.42 Å². The van der Waals surface area contributed by atoms with Gasteiger partial charge in [-0.15, -0.1) is 0 Å². The second-order valence-electron chi connectivity index (χ2n) is 3.78. The Balaban J connectivity index is 2.39. The number of rotatable bonds is 3. The third-order valence-electron chi connectivity index (χ3n) is 2.65. The third-order valence-corrected chi connectivity index (χ3v) is 2.65. The van der Waals surface area contributed by atoms with Gasteiger partial charge in [-0.2, -0.15) is 0 Å². The Morgan fingerprint density at radius 1 is 1.35 bits per heavy atom. The monoisotopic (exact) mass is 231 g/mol. The first-order valence-electron chi connectivity index (χ1n) is 5.34. The Morgan fingerprint density at radius 2 is 2.00 bits per heavy atom. The molecule has 0 radical (unpaired) electrons. The molecule has 88 valence electrons. The van der Waals surface area contributed by atoms with Crippen molar-refractivity contribution in [2.24, 2.45) is 0 Å². The number of nitrogens with two attached hydrogens (primary N) is 1. The Hall–Kier alpha value is -2.30. The van der Waals surface area contributed by atoms with Gasteiger partial charge in [-0.3, -0.25) is 10.1 Å². The van der Waals surface area contributed by atoms with E-state index in [0.717, 1.165) is 23.4 Å². The van der Waals surface area contributed by atoms with Gasteiger partial charge in [0.05, 0.1) is 16.3 Å². The van der Waals surface area contributed by atoms with Crippen LogP contribution in [0, 0.1) is 10.1 Å². The maximum absolute atomic E-state index is 10.5. The molecular formula is C12H13N3O2. The molecule has 0 bridgehead atoms. The summed E-state index contributed by atoms with van der Waals surface area (Å²) in [7, 11) is 0. The molecule has 0 aliphatic rings. The second-order valence-corrected chi connectivity index (χ2v) is 3.78. The Bertz CT molecular complexity index is 543. The summed E-state index contributed by atoms with van der Waals surface area (Å²) in [5.41, 5.74) is 9.35. The molecule has 0 saturated carbocycles. The van der Waals surface area contributed by atoms with Crippen LogP contribution < -0.4 is 5.73 Å². The summed E-state index contributed by atoms with van der Waals surface area (Å²) in [6, 6.07) is 8.22. The van der Waals surface area contributed by atoms with E-state index in [9.17, 15) is 10.1 Å². The van der Waals surface area contributed by atoms with E-state index in [-0.39, 0.29) is 5.69 Å². The fourth-order valence-corrected chi connectivity index (χ4v) is 1.71. The maximum Gasteiger partial charge on any atom is 0.269 e. The van der Waals surface area contributed by atoms with E-state index < -0.39 is 4.92 Å². The lowest BCUT2D eigenvalue weighted by molar-refractivity contribution is -0.384. The third kappa shape index (κ3) is 2.13. The lowest BCUT2D eigenvalue weighted by Gasteiger charge is -2.00. The van der Waals surface area contributed by atoms with Gasteiger partial charge in [0.1, 0.15) is 0 Å². The van der Waals surface area contributed by atoms with E-state index in [1.807, 2.05) is 13.0 Å². The summed E-state index contributed by atoms with van der Waals surface area (Å²) < 4.78 is 0. The number of aromatic nitrogens is 1. The zero-order chi connectivity index (χ0) is 12.4. The quantitative estimate of drug-likeness (QED) is 0.629. The molecule has 1 aromatic heterocycles. The van der Waals surface area contributed by atoms with Gasteiger partial charge in [0.2, 0.25) is 0 Å². The van der Waals surface area contributed by atoms with Crippen molar-refractivity contribution in [1.82, 2.24) is 4.98 Å². The van der Waals surface area contributed by atoms with Crippen LogP contribution in [0.4, 0.5) is 11.4 Å². The van der Waals surface area contributed by atoms with Crippen molar-refractivity contribution >= 4 is 11.4 Å². The van der Waals surface area contributed by atoms with Crippen LogP contribution in [0.25, 0.3) is 11.3 Å². The van der Waals surface area contributed by atoms with E-state index >= 15 is 0 Å². The van der Waals surface area contributed by atoms with Crippen molar-refractivity contribution in [3.63, 3.8) is 0 Å². The van der Waals surface area contributed by atoms with Crippen molar-refractivity contribution in [2.45, 2.75) is 13.3 Å². The molecule has 5 nitrogen and oxygen atoms in total. The molecule has 0 aliphatic carbocycles. The molecule has 1 heterocycles. The molecule has 0 aliphatic heterocycles. The SMILES string of the molecule is CCc1cc(N)c(-c2ccc([N+](=O)[O-])cc2)[nH]1. The predicted octanol–water partition coefficient (Wildman–Crippen LogP) is 2.73. The summed E-state index contributed by atoms with van der Waals surface area (Å²) in [5, 5.41) is 10.5. The minimum atomic E-state index is -0.417. The lowest BCUT2D eigenvalue weighted by Crippen LogP contribution is -1.89. The molecule has 0 amide bonds. The van der Waals surface area contributed by atoms with Gasteiger partial charge in [0.25, 0.3) is 5.69 Å². The first-order valence-corrected chi connectivity index (χ1v) is 5.34. The first-order chi connectivity index (χ1) is 8.11. The lowest BCUT2D eigenvalue weighted by atomic mass is 10.1. The fourth-order valence-electron chi connectivity index (χ4n) is 1.71. The number of nitro groups is 1. The summed E-state index contributed by atoms with van der Waals surface area (Å²) in [4.78, 5) is 13.3. The van der Waals surface area contributed by atoms with Crippen LogP contribution in [0.5, 0.6) is 0 Å². The highest BCUT2D eigenvalue weighted by molar-refractivity contribution is 5.74. The number of aryl methyl sites for hydroxylation is 1. The van der Waals surface area contributed by atoms with Gasteiger partial charge < -0.3 is 10.7 Å². The van der Waals surface area contributed by atoms with E-state index in [0.29, 0.717) is 5.69 Å². The van der Waals surface area contributed by atoms with E-state index in [1.54, 1.807) is 12.1 Å². The predicted molar refractivity (Wildman–Crippen MR) is 66.7 cm³/mol. The Labute approximate surface area is 98.4 Å². The number of nitrogens with zero attached hydrogens (tertiary/aromatic N) is 1. The number of H-pyrrole nitrogens is 1. The number of non-ortho nitro benzene ring substituents is 1. The normalized spacial score (nSPS) is 10.4. The van der Waals surface area contributed by atoms with Gasteiger partial charge in [-0.05, 0) is 24.6 Å². The average molecular weight is 231 g/mol. The minimum Gasteiger partial charge on any atom is -0.397 e. The molecular weight excluding hydrogens is 218 g/mol. The van der Waals surface area contributed by atoms with Crippen molar-refractivity contribution < 1.29 is 4.92 Å². The molecule has 2 rings (SSSR count). The minimum absolute atomic E-state index is 0.0783. The molecule has 0 spiro atoms. The Morgan fingerprint density at radius 3 is 2.47 bits per heavy atom. The van der Waals surface area contributed by atoms with Crippen LogP contribution in [0.2, 0.25) is 0 Å². The van der Waals surface area contributed by atoms with Crippen molar-refractivity contribution in [1.29, 1.82) is 0 Å². The number of hydrogen-bond donors (Lipinski definition) is 2. The van der Waals surface area contributed by atoms with Crippen molar-refractivity contribution in [3.8, 4) is 11.3 Å². The van der Waals surface area contributed by atoms with Crippen LogP contribution in [0.15, 0.2) is 30.3 Å². The van der Waals surface area contributed by atoms with Crippen molar-refractivity contribution in [3.05, 3.63) is 46.1 Å². The van der Waals surface area contributed by atoms with Gasteiger partial charge in [-0.25, -0.2) is 0 Å². The number of aromatic amines is 1. The zero-order valence-corrected chi connectivity index (χ0v) is 9.43. The molecule has 5 heteroatoms. The van der Waals surface area contributed by atoms with E-state index in [4.69, 9.17) is 5.73 Å². The number of anilines is 1. The number of nitrogen functional groups attached to an aromatic ring is 1. The molecule has 3 N–H and O–H groups in total. The maximum atomic E-state index is 10.5. The molecule has 17 heavy (non-hydrogen) atoms. The van der Waals surface area contributed by atoms with Crippen molar-refractivity contribution in [2.75, 3.05) is 5.73 Å². The molecule has 0 fully saturated rings. The second kappa shape index (κ2) is 4.29. The summed E-state index contributed by atoms with van der Waals surface area (Å²) >= 11 is 0. The molecule has 0 unspecified atom stereocenters. The van der Waals surface area contributed by atoms with Gasteiger partial charge in [-0.1, -0.05) is 6.92 Å². The topological polar surface area (TPSA) is 84.9 Å². The highest BCUT2D eigenvalue weighted by Gasteiger charge is 2.09. The average Bonchev–Trinajstić information content (AvgIpc) is 2.71. The van der Waals surface area contributed by atoms with Gasteiger partial charge >= 0.3 is 0 Å². The fraction of sp³-hybridized carbons (Fsp3) is 0.167. The summed E-state index contributed by atoms with van der Waals surface area (Å²) in [6.45, 7) is 2.03. The van der Waals surface area contributed by atoms with Crippen LogP contribution in [-0.4, -0.2) is 9.91 Å². The summed E-state index contributed by atoms with van der Waals surface area (Å²) in [5.74, 6) is 0. The number of hydrogen-bond acceptors (Lipinski definition) is 3. The van der Waals surface area contributed by atoms with Crippen LogP contribution in [0.1, 0.15) is 12.6 Å².